The van der Waals surface area contributed by atoms with Gasteiger partial charge in [0.05, 0.1) is 29.0 Å². The first-order valence-electron chi connectivity index (χ1n) is 10.2. The second-order valence-electron chi connectivity index (χ2n) is 7.48. The maximum Gasteiger partial charge on any atom is 0.253 e. The van der Waals surface area contributed by atoms with E-state index in [2.05, 4.69) is 10.6 Å². The Balaban J connectivity index is 1.63. The molecule has 1 aromatic rings. The van der Waals surface area contributed by atoms with Crippen LogP contribution >= 0.6 is 0 Å². The molecule has 29 heavy (non-hydrogen) atoms. The molecule has 2 saturated heterocycles. The SMILES string of the molecule is CCS(=O)(=O)N1CCCC(C(=O)Nc2ccccc2C(=O)NCC2CCCO2)C1. The molecule has 2 N–H and O–H groups in total. The van der Waals surface area contributed by atoms with Crippen LogP contribution in [0, 0.1) is 5.92 Å². The summed E-state index contributed by atoms with van der Waals surface area (Å²) in [5.41, 5.74) is 0.811. The van der Waals surface area contributed by atoms with Gasteiger partial charge in [0.25, 0.3) is 5.91 Å². The zero-order chi connectivity index (χ0) is 20.9. The monoisotopic (exact) mass is 423 g/mol. The molecule has 0 saturated carbocycles. The number of rotatable bonds is 7. The van der Waals surface area contributed by atoms with Gasteiger partial charge in [-0.1, -0.05) is 12.1 Å². The molecule has 0 bridgehead atoms. The van der Waals surface area contributed by atoms with E-state index in [-0.39, 0.29) is 30.2 Å². The zero-order valence-electron chi connectivity index (χ0n) is 16.7. The van der Waals surface area contributed by atoms with Crippen molar-refractivity contribution in [3.63, 3.8) is 0 Å². The van der Waals surface area contributed by atoms with Gasteiger partial charge in [-0.15, -0.1) is 0 Å². The molecule has 2 amide bonds. The van der Waals surface area contributed by atoms with E-state index < -0.39 is 15.9 Å². The third kappa shape index (κ3) is 5.55. The minimum atomic E-state index is -3.32. The molecule has 0 spiro atoms. The zero-order valence-corrected chi connectivity index (χ0v) is 17.5. The van der Waals surface area contributed by atoms with Crippen molar-refractivity contribution < 1.29 is 22.7 Å². The number of nitrogens with zero attached hydrogens (tertiary/aromatic N) is 1. The summed E-state index contributed by atoms with van der Waals surface area (Å²) in [4.78, 5) is 25.4. The number of anilines is 1. The van der Waals surface area contributed by atoms with Gasteiger partial charge < -0.3 is 15.4 Å². The number of carbonyl (C=O) groups is 2. The van der Waals surface area contributed by atoms with Gasteiger partial charge in [0.15, 0.2) is 0 Å². The highest BCUT2D eigenvalue weighted by Gasteiger charge is 2.31. The smallest absolute Gasteiger partial charge is 0.253 e. The fraction of sp³-hybridized carbons (Fsp3) is 0.600. The second-order valence-corrected chi connectivity index (χ2v) is 9.74. The standard InChI is InChI=1S/C20H29N3O5S/c1-2-29(26,27)23-11-5-7-15(14-23)19(24)22-18-10-4-3-9-17(18)20(25)21-13-16-8-6-12-28-16/h3-4,9-10,15-16H,2,5-8,11-14H2,1H3,(H,21,25)(H,22,24). The number of amides is 2. The molecular formula is C20H29N3O5S. The Morgan fingerprint density at radius 2 is 2.00 bits per heavy atom. The minimum Gasteiger partial charge on any atom is -0.376 e. The van der Waals surface area contributed by atoms with Gasteiger partial charge in [0.2, 0.25) is 15.9 Å². The van der Waals surface area contributed by atoms with E-state index in [0.29, 0.717) is 37.2 Å². The molecule has 160 valence electrons. The van der Waals surface area contributed by atoms with Crippen molar-refractivity contribution in [2.75, 3.05) is 37.3 Å². The number of ether oxygens (including phenoxy) is 1. The summed E-state index contributed by atoms with van der Waals surface area (Å²) in [7, 11) is -3.32. The summed E-state index contributed by atoms with van der Waals surface area (Å²) >= 11 is 0. The molecule has 9 heteroatoms. The van der Waals surface area contributed by atoms with Crippen molar-refractivity contribution in [2.24, 2.45) is 5.92 Å². The fourth-order valence-corrected chi connectivity index (χ4v) is 4.90. The molecule has 2 atom stereocenters. The molecule has 2 aliphatic heterocycles. The topological polar surface area (TPSA) is 105 Å². The van der Waals surface area contributed by atoms with Crippen LogP contribution < -0.4 is 10.6 Å². The molecule has 2 aliphatic rings. The Labute approximate surface area is 172 Å². The van der Waals surface area contributed by atoms with Gasteiger partial charge in [-0.25, -0.2) is 12.7 Å². The molecule has 8 nitrogen and oxygen atoms in total. The molecule has 2 fully saturated rings. The molecule has 1 aromatic carbocycles. The summed E-state index contributed by atoms with van der Waals surface area (Å²) in [6.07, 6.45) is 3.22. The summed E-state index contributed by atoms with van der Waals surface area (Å²) in [6, 6.07) is 6.84. The van der Waals surface area contributed by atoms with Crippen molar-refractivity contribution in [3.8, 4) is 0 Å². The minimum absolute atomic E-state index is 0.0229. The Morgan fingerprint density at radius 1 is 1.21 bits per heavy atom. The largest absolute Gasteiger partial charge is 0.376 e. The predicted octanol–water partition coefficient (Wildman–Crippen LogP) is 1.60. The Hall–Kier alpha value is -1.97. The normalized spacial score (nSPS) is 22.9. The summed E-state index contributed by atoms with van der Waals surface area (Å²) in [5.74, 6) is -0.946. The van der Waals surface area contributed by atoms with Crippen LogP contribution in [-0.2, 0) is 19.6 Å². The van der Waals surface area contributed by atoms with Crippen LogP contribution in [0.5, 0.6) is 0 Å². The average Bonchev–Trinajstić information content (AvgIpc) is 3.26. The van der Waals surface area contributed by atoms with E-state index in [1.807, 2.05) is 0 Å². The van der Waals surface area contributed by atoms with Crippen LogP contribution in [-0.4, -0.2) is 62.6 Å². The molecule has 0 aliphatic carbocycles. The van der Waals surface area contributed by atoms with E-state index in [1.165, 1.54) is 4.31 Å². The van der Waals surface area contributed by atoms with Gasteiger partial charge in [0, 0.05) is 26.2 Å². The van der Waals surface area contributed by atoms with Crippen LogP contribution in [0.3, 0.4) is 0 Å². The number of hydrogen-bond donors (Lipinski definition) is 2. The predicted molar refractivity (Wildman–Crippen MR) is 110 cm³/mol. The molecular weight excluding hydrogens is 394 g/mol. The number of hydrogen-bond acceptors (Lipinski definition) is 5. The number of sulfonamides is 1. The third-order valence-electron chi connectivity index (χ3n) is 5.46. The van der Waals surface area contributed by atoms with Crippen LogP contribution in [0.2, 0.25) is 0 Å². The van der Waals surface area contributed by atoms with Crippen molar-refractivity contribution in [1.82, 2.24) is 9.62 Å². The highest BCUT2D eigenvalue weighted by molar-refractivity contribution is 7.89. The van der Waals surface area contributed by atoms with Gasteiger partial charge >= 0.3 is 0 Å². The Bertz CT molecular complexity index is 836. The third-order valence-corrected chi connectivity index (χ3v) is 7.30. The van der Waals surface area contributed by atoms with Crippen LogP contribution in [0.25, 0.3) is 0 Å². The second kappa shape index (κ2) is 9.69. The summed E-state index contributed by atoms with van der Waals surface area (Å²) in [6.45, 7) is 3.38. The number of benzene rings is 1. The first-order chi connectivity index (χ1) is 13.9. The first-order valence-corrected chi connectivity index (χ1v) is 11.8. The fourth-order valence-electron chi connectivity index (χ4n) is 3.72. The van der Waals surface area contributed by atoms with Crippen molar-refractivity contribution in [2.45, 2.75) is 38.7 Å². The van der Waals surface area contributed by atoms with E-state index in [4.69, 9.17) is 4.74 Å². The van der Waals surface area contributed by atoms with Crippen LogP contribution in [0.4, 0.5) is 5.69 Å². The van der Waals surface area contributed by atoms with E-state index >= 15 is 0 Å². The average molecular weight is 424 g/mol. The molecule has 2 heterocycles. The van der Waals surface area contributed by atoms with Crippen molar-refractivity contribution >= 4 is 27.5 Å². The van der Waals surface area contributed by atoms with E-state index in [0.717, 1.165) is 19.4 Å². The highest BCUT2D eigenvalue weighted by atomic mass is 32.2. The molecule has 3 rings (SSSR count). The van der Waals surface area contributed by atoms with E-state index in [9.17, 15) is 18.0 Å². The van der Waals surface area contributed by atoms with Gasteiger partial charge in [-0.2, -0.15) is 0 Å². The lowest BCUT2D eigenvalue weighted by molar-refractivity contribution is -0.120. The van der Waals surface area contributed by atoms with Crippen LogP contribution in [0.15, 0.2) is 24.3 Å². The Kier molecular flexibility index (Phi) is 7.26. The quantitative estimate of drug-likeness (QED) is 0.693. The van der Waals surface area contributed by atoms with Gasteiger partial charge in [-0.3, -0.25) is 9.59 Å². The molecule has 0 aromatic heterocycles. The molecule has 2 unspecified atom stereocenters. The maximum atomic E-state index is 12.8. The van der Waals surface area contributed by atoms with Gasteiger partial charge in [0.1, 0.15) is 0 Å². The first kappa shape index (κ1) is 21.7. The lowest BCUT2D eigenvalue weighted by Gasteiger charge is -2.31. The van der Waals surface area contributed by atoms with Crippen LogP contribution in [0.1, 0.15) is 43.0 Å². The molecule has 0 radical (unpaired) electrons. The summed E-state index contributed by atoms with van der Waals surface area (Å²) in [5, 5.41) is 5.69. The highest BCUT2D eigenvalue weighted by Crippen LogP contribution is 2.23. The number of piperidine rings is 1. The number of para-hydroxylation sites is 1. The van der Waals surface area contributed by atoms with Gasteiger partial charge in [-0.05, 0) is 44.7 Å². The number of nitrogens with one attached hydrogen (secondary N) is 2. The number of carbonyl (C=O) groups excluding carboxylic acids is 2. The maximum absolute atomic E-state index is 12.8. The van der Waals surface area contributed by atoms with E-state index in [1.54, 1.807) is 31.2 Å². The lowest BCUT2D eigenvalue weighted by atomic mass is 9.98. The lowest BCUT2D eigenvalue weighted by Crippen LogP contribution is -2.44. The van der Waals surface area contributed by atoms with Crippen molar-refractivity contribution in [3.05, 3.63) is 29.8 Å². The summed E-state index contributed by atoms with van der Waals surface area (Å²) < 4.78 is 31.2. The van der Waals surface area contributed by atoms with Crippen molar-refractivity contribution in [1.29, 1.82) is 0 Å². The Morgan fingerprint density at radius 3 is 2.72 bits per heavy atom.